The molecule has 1 aliphatic heterocycles. The number of nitrogens with zero attached hydrogens (tertiary/aromatic N) is 4. The van der Waals surface area contributed by atoms with Crippen molar-refractivity contribution < 1.29 is 18.8 Å². The van der Waals surface area contributed by atoms with E-state index < -0.39 is 0 Å². The van der Waals surface area contributed by atoms with Crippen molar-refractivity contribution in [2.75, 3.05) is 25.7 Å². The van der Waals surface area contributed by atoms with E-state index in [1.165, 1.54) is 0 Å². The first-order valence-corrected chi connectivity index (χ1v) is 9.47. The molecule has 0 radical (unpaired) electrons. The normalized spacial score (nSPS) is 16.4. The largest absolute Gasteiger partial charge is 0.497 e. The van der Waals surface area contributed by atoms with Crippen molar-refractivity contribution >= 4 is 22.5 Å². The average Bonchev–Trinajstić information content (AvgIpc) is 3.51. The molecule has 0 aliphatic carbocycles. The van der Waals surface area contributed by atoms with E-state index in [9.17, 15) is 4.79 Å². The molecule has 152 valence electrons. The number of carbonyl (C=O) groups is 1. The minimum absolute atomic E-state index is 0.0277. The third-order valence-electron chi connectivity index (χ3n) is 5.28. The number of hydrogen-bond acceptors (Lipinski definition) is 7. The van der Waals surface area contributed by atoms with E-state index in [0.717, 1.165) is 10.9 Å². The number of para-hydroxylation sites is 1. The Hall–Kier alpha value is -3.88. The number of anilines is 1. The number of rotatable bonds is 5. The Balaban J connectivity index is 1.42. The summed E-state index contributed by atoms with van der Waals surface area (Å²) in [6.07, 6.45) is 0.287. The Morgan fingerprint density at radius 2 is 2.03 bits per heavy atom. The number of amides is 1. The molecule has 1 fully saturated rings. The first-order valence-electron chi connectivity index (χ1n) is 9.47. The van der Waals surface area contributed by atoms with E-state index in [0.29, 0.717) is 41.1 Å². The lowest BCUT2D eigenvalue weighted by molar-refractivity contribution is -0.117. The molecule has 9 heteroatoms. The molecule has 30 heavy (non-hydrogen) atoms. The van der Waals surface area contributed by atoms with Crippen molar-refractivity contribution in [1.82, 2.24) is 20.3 Å². The van der Waals surface area contributed by atoms with Crippen molar-refractivity contribution in [3.05, 3.63) is 48.3 Å². The number of methoxy groups -OCH3 is 2. The van der Waals surface area contributed by atoms with Crippen LogP contribution in [0.4, 0.5) is 5.69 Å². The van der Waals surface area contributed by atoms with Crippen LogP contribution in [0.1, 0.15) is 18.2 Å². The van der Waals surface area contributed by atoms with E-state index in [1.54, 1.807) is 31.3 Å². The second-order valence-corrected chi connectivity index (χ2v) is 7.02. The number of carbonyl (C=O) groups excluding carboxylic acids is 1. The zero-order chi connectivity index (χ0) is 20.7. The molecule has 1 saturated heterocycles. The van der Waals surface area contributed by atoms with Crippen LogP contribution < -0.4 is 14.4 Å². The van der Waals surface area contributed by atoms with Gasteiger partial charge in [-0.05, 0) is 18.2 Å². The molecule has 2 aromatic heterocycles. The van der Waals surface area contributed by atoms with Crippen LogP contribution in [-0.2, 0) is 4.79 Å². The summed E-state index contributed by atoms with van der Waals surface area (Å²) < 4.78 is 16.2. The predicted molar refractivity (Wildman–Crippen MR) is 109 cm³/mol. The number of aromatic nitrogens is 4. The van der Waals surface area contributed by atoms with Gasteiger partial charge in [0.1, 0.15) is 11.5 Å². The summed E-state index contributed by atoms with van der Waals surface area (Å²) in [6, 6.07) is 13.1. The highest BCUT2D eigenvalue weighted by atomic mass is 16.5. The molecule has 1 atom stereocenters. The van der Waals surface area contributed by atoms with Crippen LogP contribution in [0, 0.1) is 0 Å². The minimum Gasteiger partial charge on any atom is -0.497 e. The highest BCUT2D eigenvalue weighted by Crippen LogP contribution is 2.38. The smallest absolute Gasteiger partial charge is 0.279 e. The zero-order valence-electron chi connectivity index (χ0n) is 16.5. The van der Waals surface area contributed by atoms with Gasteiger partial charge in [-0.3, -0.25) is 9.89 Å². The summed E-state index contributed by atoms with van der Waals surface area (Å²) in [7, 11) is 3.15. The van der Waals surface area contributed by atoms with Gasteiger partial charge in [0, 0.05) is 30.3 Å². The number of aromatic amines is 1. The van der Waals surface area contributed by atoms with Crippen LogP contribution >= 0.6 is 0 Å². The summed E-state index contributed by atoms with van der Waals surface area (Å²) in [5.41, 5.74) is 2.18. The first kappa shape index (κ1) is 18.2. The standard InChI is InChI=1S/C21H19N5O4/c1-28-13-7-8-16(17(10-13)29-2)26-11-12(9-18(26)27)20-22-21(30-25-20)19-14-5-3-4-6-15(14)23-24-19/h3-8,10,12H,9,11H2,1-2H3,(H,23,24). The monoisotopic (exact) mass is 405 g/mol. The quantitative estimate of drug-likeness (QED) is 0.543. The molecule has 5 rings (SSSR count). The fraction of sp³-hybridized carbons (Fsp3) is 0.238. The molecule has 1 unspecified atom stereocenters. The van der Waals surface area contributed by atoms with Gasteiger partial charge in [-0.25, -0.2) is 0 Å². The van der Waals surface area contributed by atoms with Crippen LogP contribution in [0.5, 0.6) is 11.5 Å². The molecule has 2 aromatic carbocycles. The molecule has 1 amide bonds. The summed E-state index contributed by atoms with van der Waals surface area (Å²) in [6.45, 7) is 0.432. The molecular weight excluding hydrogens is 386 g/mol. The maximum atomic E-state index is 12.7. The molecule has 9 nitrogen and oxygen atoms in total. The predicted octanol–water partition coefficient (Wildman–Crippen LogP) is 3.15. The van der Waals surface area contributed by atoms with Crippen LogP contribution in [0.2, 0.25) is 0 Å². The first-order chi connectivity index (χ1) is 14.7. The maximum Gasteiger partial charge on any atom is 0.279 e. The van der Waals surface area contributed by atoms with Crippen LogP contribution in [0.3, 0.4) is 0 Å². The lowest BCUT2D eigenvalue weighted by atomic mass is 10.1. The van der Waals surface area contributed by atoms with E-state index in [1.807, 2.05) is 30.3 Å². The number of benzene rings is 2. The van der Waals surface area contributed by atoms with Gasteiger partial charge >= 0.3 is 0 Å². The van der Waals surface area contributed by atoms with Gasteiger partial charge in [-0.2, -0.15) is 10.1 Å². The van der Waals surface area contributed by atoms with Gasteiger partial charge in [0.15, 0.2) is 11.5 Å². The van der Waals surface area contributed by atoms with E-state index in [2.05, 4.69) is 20.3 Å². The summed E-state index contributed by atoms with van der Waals surface area (Å²) in [5, 5.41) is 12.3. The Labute approximate surface area is 171 Å². The molecule has 3 heterocycles. The molecule has 4 aromatic rings. The Morgan fingerprint density at radius 3 is 2.87 bits per heavy atom. The number of hydrogen-bond donors (Lipinski definition) is 1. The van der Waals surface area contributed by atoms with Gasteiger partial charge in [-0.15, -0.1) is 0 Å². The van der Waals surface area contributed by atoms with Crippen LogP contribution in [0.25, 0.3) is 22.5 Å². The summed E-state index contributed by atoms with van der Waals surface area (Å²) in [4.78, 5) is 18.9. The number of ether oxygens (including phenoxy) is 2. The highest BCUT2D eigenvalue weighted by molar-refractivity contribution is 5.98. The highest BCUT2D eigenvalue weighted by Gasteiger charge is 2.36. The minimum atomic E-state index is -0.188. The molecule has 0 saturated carbocycles. The molecule has 1 aliphatic rings. The Bertz CT molecular complexity index is 1230. The fourth-order valence-electron chi connectivity index (χ4n) is 3.74. The maximum absolute atomic E-state index is 12.7. The second-order valence-electron chi connectivity index (χ2n) is 7.02. The van der Waals surface area contributed by atoms with Gasteiger partial charge in [0.25, 0.3) is 5.89 Å². The van der Waals surface area contributed by atoms with Gasteiger partial charge in [0.2, 0.25) is 5.91 Å². The second kappa shape index (κ2) is 7.18. The fourth-order valence-corrected chi connectivity index (χ4v) is 3.74. The Kier molecular flexibility index (Phi) is 4.35. The number of H-pyrrole nitrogens is 1. The van der Waals surface area contributed by atoms with Gasteiger partial charge in [0.05, 0.1) is 25.4 Å². The van der Waals surface area contributed by atoms with Crippen molar-refractivity contribution in [2.45, 2.75) is 12.3 Å². The van der Waals surface area contributed by atoms with Crippen LogP contribution in [0.15, 0.2) is 47.0 Å². The van der Waals surface area contributed by atoms with E-state index in [4.69, 9.17) is 14.0 Å². The van der Waals surface area contributed by atoms with Crippen molar-refractivity contribution in [3.63, 3.8) is 0 Å². The molecular formula is C21H19N5O4. The van der Waals surface area contributed by atoms with E-state index >= 15 is 0 Å². The van der Waals surface area contributed by atoms with Crippen LogP contribution in [-0.4, -0.2) is 47.0 Å². The average molecular weight is 405 g/mol. The lowest BCUT2D eigenvalue weighted by Gasteiger charge is -2.19. The van der Waals surface area contributed by atoms with E-state index in [-0.39, 0.29) is 18.2 Å². The number of nitrogens with one attached hydrogen (secondary N) is 1. The lowest BCUT2D eigenvalue weighted by Crippen LogP contribution is -2.24. The number of fused-ring (bicyclic) bond motifs is 1. The van der Waals surface area contributed by atoms with Crippen molar-refractivity contribution in [2.24, 2.45) is 0 Å². The van der Waals surface area contributed by atoms with Gasteiger partial charge in [-0.1, -0.05) is 23.4 Å². The third kappa shape index (κ3) is 2.95. The molecule has 1 N–H and O–H groups in total. The summed E-state index contributed by atoms with van der Waals surface area (Å²) >= 11 is 0. The third-order valence-corrected chi connectivity index (χ3v) is 5.28. The SMILES string of the molecule is COc1ccc(N2CC(c3noc(-c4n[nH]c5ccccc45)n3)CC2=O)c(OC)c1. The Morgan fingerprint density at radius 1 is 1.17 bits per heavy atom. The van der Waals surface area contributed by atoms with Crippen molar-refractivity contribution in [1.29, 1.82) is 0 Å². The molecule has 0 spiro atoms. The zero-order valence-corrected chi connectivity index (χ0v) is 16.5. The topological polar surface area (TPSA) is 106 Å². The van der Waals surface area contributed by atoms with Crippen molar-refractivity contribution in [3.8, 4) is 23.1 Å². The molecule has 0 bridgehead atoms. The summed E-state index contributed by atoms with van der Waals surface area (Å²) in [5.74, 6) is 1.83. The van der Waals surface area contributed by atoms with Gasteiger partial charge < -0.3 is 18.9 Å².